The van der Waals surface area contributed by atoms with Crippen molar-refractivity contribution in [2.45, 2.75) is 50.5 Å². The molecule has 1 atom stereocenters. The van der Waals surface area contributed by atoms with E-state index in [-0.39, 0.29) is 17.7 Å². The highest BCUT2D eigenvalue weighted by atomic mass is 16.5. The van der Waals surface area contributed by atoms with Gasteiger partial charge >= 0.3 is 0 Å². The molecule has 1 unspecified atom stereocenters. The summed E-state index contributed by atoms with van der Waals surface area (Å²) in [5.41, 5.74) is 2.00. The molecule has 3 heterocycles. The van der Waals surface area contributed by atoms with Crippen LogP contribution >= 0.6 is 0 Å². The van der Waals surface area contributed by atoms with Gasteiger partial charge in [0.05, 0.1) is 5.54 Å². The lowest BCUT2D eigenvalue weighted by molar-refractivity contribution is -0.132. The average Bonchev–Trinajstić information content (AvgIpc) is 3.43. The number of para-hydroxylation sites is 1. The lowest BCUT2D eigenvalue weighted by atomic mass is 9.91. The summed E-state index contributed by atoms with van der Waals surface area (Å²) in [7, 11) is 1.68. The Morgan fingerprint density at radius 1 is 1.28 bits per heavy atom. The second kappa shape index (κ2) is 10.5. The molecule has 2 aliphatic heterocycles. The molecule has 0 aliphatic carbocycles. The van der Waals surface area contributed by atoms with Crippen molar-refractivity contribution < 1.29 is 19.1 Å². The van der Waals surface area contributed by atoms with Gasteiger partial charge < -0.3 is 24.7 Å². The zero-order valence-electron chi connectivity index (χ0n) is 19.0. The fraction of sp³-hybridized carbons (Fsp3) is 0.600. The minimum Gasteiger partial charge on any atom is -0.385 e. The van der Waals surface area contributed by atoms with E-state index in [1.165, 1.54) is 10.9 Å². The molecule has 2 aliphatic rings. The molecule has 2 fully saturated rings. The molecule has 174 valence electrons. The number of nitrogens with zero attached hydrogens (tertiary/aromatic N) is 1. The van der Waals surface area contributed by atoms with E-state index in [4.69, 9.17) is 9.47 Å². The van der Waals surface area contributed by atoms with Gasteiger partial charge in [0.15, 0.2) is 0 Å². The highest BCUT2D eigenvalue weighted by molar-refractivity contribution is 5.83. The molecule has 0 bridgehead atoms. The Morgan fingerprint density at radius 2 is 2.09 bits per heavy atom. The van der Waals surface area contributed by atoms with Crippen LogP contribution in [0.4, 0.5) is 0 Å². The fourth-order valence-corrected chi connectivity index (χ4v) is 5.00. The molecule has 32 heavy (non-hydrogen) atoms. The molecule has 7 heteroatoms. The summed E-state index contributed by atoms with van der Waals surface area (Å²) in [5, 5.41) is 4.54. The summed E-state index contributed by atoms with van der Waals surface area (Å²) in [5.74, 6) is 0.270. The number of hydrogen-bond donors (Lipinski definition) is 2. The molecule has 2 N–H and O–H groups in total. The normalized spacial score (nSPS) is 21.8. The number of hydrogen-bond acceptors (Lipinski definition) is 4. The van der Waals surface area contributed by atoms with Gasteiger partial charge in [-0.1, -0.05) is 18.2 Å². The lowest BCUT2D eigenvalue weighted by Gasteiger charge is -2.33. The molecule has 1 aromatic carbocycles. The SMILES string of the molecule is COCCC1(NC(=O)C2CCOCC2)CCN(C(=O)CCCc2c[nH]c3ccccc23)C1. The number of aromatic nitrogens is 1. The molecular weight excluding hydrogens is 406 g/mol. The molecule has 1 aromatic heterocycles. The second-order valence-corrected chi connectivity index (χ2v) is 9.18. The standard InChI is InChI=1S/C25H35N3O4/c1-31-16-12-25(27-24(30)19-9-14-32-15-10-19)11-13-28(18-25)23(29)8-4-5-20-17-26-22-7-3-2-6-21(20)22/h2-3,6-7,17,19,26H,4-5,8-16,18H2,1H3,(H,27,30). The van der Waals surface area contributed by atoms with Crippen LogP contribution in [0.3, 0.4) is 0 Å². The number of aryl methyl sites for hydroxylation is 1. The van der Waals surface area contributed by atoms with Crippen LogP contribution < -0.4 is 5.32 Å². The zero-order valence-corrected chi connectivity index (χ0v) is 19.0. The molecule has 0 saturated carbocycles. The molecule has 2 saturated heterocycles. The molecule has 0 radical (unpaired) electrons. The Bertz CT molecular complexity index is 921. The van der Waals surface area contributed by atoms with Gasteiger partial charge in [-0.25, -0.2) is 0 Å². The Kier molecular flexibility index (Phi) is 7.48. The van der Waals surface area contributed by atoms with Gasteiger partial charge in [-0.15, -0.1) is 0 Å². The van der Waals surface area contributed by atoms with E-state index in [1.54, 1.807) is 7.11 Å². The van der Waals surface area contributed by atoms with Gasteiger partial charge in [-0.3, -0.25) is 9.59 Å². The van der Waals surface area contributed by atoms with E-state index in [0.29, 0.717) is 39.3 Å². The Hall–Kier alpha value is -2.38. The molecule has 2 aromatic rings. The average molecular weight is 442 g/mol. The van der Waals surface area contributed by atoms with Crippen molar-refractivity contribution in [2.75, 3.05) is 40.0 Å². The number of aromatic amines is 1. The first-order valence-corrected chi connectivity index (χ1v) is 11.8. The number of H-pyrrole nitrogens is 1. The maximum absolute atomic E-state index is 12.9. The summed E-state index contributed by atoms with van der Waals surface area (Å²) in [4.78, 5) is 31.1. The number of benzene rings is 1. The van der Waals surface area contributed by atoms with Crippen LogP contribution in [-0.4, -0.2) is 67.3 Å². The largest absolute Gasteiger partial charge is 0.385 e. The van der Waals surface area contributed by atoms with Gasteiger partial charge in [-0.2, -0.15) is 0 Å². The Balaban J connectivity index is 1.31. The van der Waals surface area contributed by atoms with Crippen LogP contribution in [0.1, 0.15) is 44.1 Å². The first-order valence-electron chi connectivity index (χ1n) is 11.8. The van der Waals surface area contributed by atoms with Crippen LogP contribution in [0.5, 0.6) is 0 Å². The van der Waals surface area contributed by atoms with Crippen molar-refractivity contribution in [1.29, 1.82) is 0 Å². The van der Waals surface area contributed by atoms with Crippen LogP contribution in [0.15, 0.2) is 30.5 Å². The molecule has 0 spiro atoms. The number of ether oxygens (including phenoxy) is 2. The van der Waals surface area contributed by atoms with E-state index >= 15 is 0 Å². The summed E-state index contributed by atoms with van der Waals surface area (Å²) >= 11 is 0. The third kappa shape index (κ3) is 5.33. The first kappa shape index (κ1) is 22.8. The third-order valence-corrected chi connectivity index (χ3v) is 6.98. The first-order chi connectivity index (χ1) is 15.6. The van der Waals surface area contributed by atoms with Gasteiger partial charge in [0, 0.05) is 69.5 Å². The summed E-state index contributed by atoms with van der Waals surface area (Å²) in [6.07, 6.45) is 7.29. The number of methoxy groups -OCH3 is 1. The highest BCUT2D eigenvalue weighted by Crippen LogP contribution is 2.28. The van der Waals surface area contributed by atoms with Crippen molar-refractivity contribution in [3.63, 3.8) is 0 Å². The monoisotopic (exact) mass is 441 g/mol. The molecular formula is C25H35N3O4. The summed E-state index contributed by atoms with van der Waals surface area (Å²) < 4.78 is 10.7. The van der Waals surface area contributed by atoms with Crippen molar-refractivity contribution in [1.82, 2.24) is 15.2 Å². The number of carbonyl (C=O) groups is 2. The maximum atomic E-state index is 12.9. The van der Waals surface area contributed by atoms with E-state index in [1.807, 2.05) is 23.2 Å². The fourth-order valence-electron chi connectivity index (χ4n) is 5.00. The van der Waals surface area contributed by atoms with Crippen molar-refractivity contribution in [3.8, 4) is 0 Å². The summed E-state index contributed by atoms with van der Waals surface area (Å²) in [6.45, 7) is 3.10. The van der Waals surface area contributed by atoms with Gasteiger partial charge in [-0.05, 0) is 50.2 Å². The lowest BCUT2D eigenvalue weighted by Crippen LogP contribution is -2.53. The number of carbonyl (C=O) groups excluding carboxylic acids is 2. The molecule has 7 nitrogen and oxygen atoms in total. The maximum Gasteiger partial charge on any atom is 0.223 e. The van der Waals surface area contributed by atoms with Crippen LogP contribution in [0.2, 0.25) is 0 Å². The van der Waals surface area contributed by atoms with E-state index in [0.717, 1.165) is 44.0 Å². The van der Waals surface area contributed by atoms with Crippen LogP contribution in [-0.2, 0) is 25.5 Å². The second-order valence-electron chi connectivity index (χ2n) is 9.18. The quantitative estimate of drug-likeness (QED) is 0.627. The Morgan fingerprint density at radius 3 is 2.91 bits per heavy atom. The highest BCUT2D eigenvalue weighted by Gasteiger charge is 2.41. The third-order valence-electron chi connectivity index (χ3n) is 6.98. The topological polar surface area (TPSA) is 83.7 Å². The predicted octanol–water partition coefficient (Wildman–Crippen LogP) is 3.04. The molecule has 2 amide bonds. The van der Waals surface area contributed by atoms with Gasteiger partial charge in [0.2, 0.25) is 11.8 Å². The van der Waals surface area contributed by atoms with Gasteiger partial charge in [0.1, 0.15) is 0 Å². The van der Waals surface area contributed by atoms with E-state index in [2.05, 4.69) is 22.4 Å². The van der Waals surface area contributed by atoms with Crippen LogP contribution in [0, 0.1) is 5.92 Å². The number of fused-ring (bicyclic) bond motifs is 1. The number of amides is 2. The minimum absolute atomic E-state index is 0.00379. The number of rotatable bonds is 9. The number of likely N-dealkylation sites (tertiary alicyclic amines) is 1. The van der Waals surface area contributed by atoms with E-state index in [9.17, 15) is 9.59 Å². The number of nitrogens with one attached hydrogen (secondary N) is 2. The van der Waals surface area contributed by atoms with Crippen molar-refractivity contribution in [2.24, 2.45) is 5.92 Å². The predicted molar refractivity (Wildman–Crippen MR) is 123 cm³/mol. The Labute approximate surface area is 189 Å². The zero-order chi connectivity index (χ0) is 22.4. The smallest absolute Gasteiger partial charge is 0.223 e. The minimum atomic E-state index is -0.391. The van der Waals surface area contributed by atoms with Crippen molar-refractivity contribution in [3.05, 3.63) is 36.0 Å². The van der Waals surface area contributed by atoms with Crippen LogP contribution in [0.25, 0.3) is 10.9 Å². The van der Waals surface area contributed by atoms with Gasteiger partial charge in [0.25, 0.3) is 0 Å². The van der Waals surface area contributed by atoms with E-state index < -0.39 is 5.54 Å². The molecule has 4 rings (SSSR count). The summed E-state index contributed by atoms with van der Waals surface area (Å²) in [6, 6.07) is 8.26. The van der Waals surface area contributed by atoms with Crippen molar-refractivity contribution >= 4 is 22.7 Å².